The first-order chi connectivity index (χ1) is 13.6. The molecule has 0 aromatic rings. The molecule has 2 rings (SSSR count). The Labute approximate surface area is 176 Å². The highest BCUT2D eigenvalue weighted by molar-refractivity contribution is 5.94. The molecule has 0 bridgehead atoms. The van der Waals surface area contributed by atoms with Gasteiger partial charge in [-0.15, -0.1) is 0 Å². The second kappa shape index (κ2) is 8.02. The molecule has 8 heteroatoms. The molecule has 8 nitrogen and oxygen atoms in total. The third-order valence-electron chi connectivity index (χ3n) is 3.92. The Morgan fingerprint density at radius 3 is 1.80 bits per heavy atom. The van der Waals surface area contributed by atoms with E-state index in [0.29, 0.717) is 9.82 Å². The Hall–Kier alpha value is -3.00. The Balaban J connectivity index is 2.57. The van der Waals surface area contributed by atoms with E-state index in [1.165, 1.54) is 38.2 Å². The highest BCUT2D eigenvalue weighted by atomic mass is 16.6. The molecular weight excluding hydrogens is 388 g/mol. The number of ether oxygens (including phenoxy) is 2. The fourth-order valence-corrected chi connectivity index (χ4v) is 2.71. The van der Waals surface area contributed by atoms with Crippen molar-refractivity contribution in [3.8, 4) is 0 Å². The largest absolute Gasteiger partial charge is 0.754 e. The van der Waals surface area contributed by atoms with E-state index in [1.54, 1.807) is 41.5 Å². The van der Waals surface area contributed by atoms with Gasteiger partial charge in [0.05, 0.1) is 15.9 Å². The summed E-state index contributed by atoms with van der Waals surface area (Å²) >= 11 is 0. The van der Waals surface area contributed by atoms with Crippen molar-refractivity contribution in [2.75, 3.05) is 0 Å². The van der Waals surface area contributed by atoms with Crippen molar-refractivity contribution in [1.82, 2.24) is 5.06 Å². The summed E-state index contributed by atoms with van der Waals surface area (Å²) in [6.45, 7) is 13.4. The van der Waals surface area contributed by atoms with Crippen LogP contribution < -0.4 is 0 Å². The van der Waals surface area contributed by atoms with Gasteiger partial charge in [-0.2, -0.15) is 0 Å². The monoisotopic (exact) mass is 416 g/mol. The molecule has 162 valence electrons. The predicted molar refractivity (Wildman–Crippen MR) is 111 cm³/mol. The molecular formula is C22H28N2O6. The van der Waals surface area contributed by atoms with Crippen molar-refractivity contribution in [2.24, 2.45) is 0 Å². The summed E-state index contributed by atoms with van der Waals surface area (Å²) in [4.78, 5) is 37.7. The molecule has 0 atom stereocenters. The summed E-state index contributed by atoms with van der Waals surface area (Å²) < 4.78 is 11.3. The maximum atomic E-state index is 12.7. The van der Waals surface area contributed by atoms with E-state index in [2.05, 4.69) is 0 Å². The summed E-state index contributed by atoms with van der Waals surface area (Å²) in [5, 5.41) is 13.2. The van der Waals surface area contributed by atoms with Gasteiger partial charge in [-0.1, -0.05) is 0 Å². The zero-order valence-electron chi connectivity index (χ0n) is 18.7. The van der Waals surface area contributed by atoms with E-state index < -0.39 is 23.1 Å². The third-order valence-corrected chi connectivity index (χ3v) is 3.92. The lowest BCUT2D eigenvalue weighted by Crippen LogP contribution is -2.28. The minimum atomic E-state index is -0.722. The van der Waals surface area contributed by atoms with Gasteiger partial charge >= 0.3 is 11.9 Å². The zero-order chi connectivity index (χ0) is 23.0. The molecule has 2 heterocycles. The Morgan fingerprint density at radius 1 is 0.867 bits per heavy atom. The van der Waals surface area contributed by atoms with Crippen LogP contribution in [0, 0.1) is 10.1 Å². The molecule has 30 heavy (non-hydrogen) atoms. The highest BCUT2D eigenvalue weighted by Gasteiger charge is 2.34. The Kier molecular flexibility index (Phi) is 6.23. The van der Waals surface area contributed by atoms with Crippen molar-refractivity contribution in [2.45, 2.75) is 66.6 Å². The SMILES string of the molecule is CC1=CC(C(=O)OC(C)(C)C)=CC(=C2C=C(C(=O)OC(C)(C)C)C=C(C)[N+]2=O)N1[O-]. The van der Waals surface area contributed by atoms with Gasteiger partial charge in [0, 0.05) is 29.7 Å². The topological polar surface area (TPSA) is 99.0 Å². The number of hydrogen-bond acceptors (Lipinski definition) is 7. The lowest BCUT2D eigenvalue weighted by Gasteiger charge is -2.35. The van der Waals surface area contributed by atoms with Crippen LogP contribution in [-0.2, 0) is 19.1 Å². The van der Waals surface area contributed by atoms with E-state index in [0.717, 1.165) is 0 Å². The number of hydrogen-bond donors (Lipinski definition) is 0. The lowest BCUT2D eigenvalue weighted by atomic mass is 10.0. The number of nitrogens with zero attached hydrogens (tertiary/aromatic N) is 2. The summed E-state index contributed by atoms with van der Waals surface area (Å²) in [6, 6.07) is 0. The van der Waals surface area contributed by atoms with Gasteiger partial charge < -0.3 is 19.7 Å². The predicted octanol–water partition coefficient (Wildman–Crippen LogP) is 4.15. The molecule has 0 fully saturated rings. The van der Waals surface area contributed by atoms with Gasteiger partial charge in [-0.3, -0.25) is 0 Å². The summed E-state index contributed by atoms with van der Waals surface area (Å²) in [5.74, 6) is -1.24. The second-order valence-electron chi connectivity index (χ2n) is 9.13. The van der Waals surface area contributed by atoms with E-state index in [4.69, 9.17) is 9.47 Å². The second-order valence-corrected chi connectivity index (χ2v) is 9.13. The Morgan fingerprint density at radius 2 is 1.33 bits per heavy atom. The molecule has 0 unspecified atom stereocenters. The van der Waals surface area contributed by atoms with Crippen LogP contribution in [0.1, 0.15) is 55.4 Å². The third kappa shape index (κ3) is 5.54. The molecule has 0 spiro atoms. The Bertz CT molecular complexity index is 949. The van der Waals surface area contributed by atoms with E-state index in [1.807, 2.05) is 0 Å². The van der Waals surface area contributed by atoms with Crippen LogP contribution in [0.15, 0.2) is 58.2 Å². The summed E-state index contributed by atoms with van der Waals surface area (Å²) in [7, 11) is 0. The molecule has 2 aliphatic rings. The van der Waals surface area contributed by atoms with Crippen LogP contribution in [0.2, 0.25) is 0 Å². The van der Waals surface area contributed by atoms with E-state index in [9.17, 15) is 19.7 Å². The van der Waals surface area contributed by atoms with E-state index in [-0.39, 0.29) is 33.9 Å². The van der Waals surface area contributed by atoms with Crippen LogP contribution in [0.3, 0.4) is 0 Å². The van der Waals surface area contributed by atoms with Crippen molar-refractivity contribution >= 4 is 11.9 Å². The van der Waals surface area contributed by atoms with Gasteiger partial charge in [0.25, 0.3) is 5.70 Å². The number of carbonyl (C=O) groups excluding carboxylic acids is 2. The fourth-order valence-electron chi connectivity index (χ4n) is 2.71. The lowest BCUT2D eigenvalue weighted by molar-refractivity contribution is -0.442. The van der Waals surface area contributed by atoms with Gasteiger partial charge in [0.2, 0.25) is 5.70 Å². The van der Waals surface area contributed by atoms with Crippen LogP contribution in [-0.4, -0.2) is 33.0 Å². The molecule has 0 aromatic carbocycles. The minimum Gasteiger partial charge on any atom is -0.754 e. The zero-order valence-corrected chi connectivity index (χ0v) is 18.7. The first-order valence-electron chi connectivity index (χ1n) is 9.54. The van der Waals surface area contributed by atoms with Crippen LogP contribution in [0.4, 0.5) is 0 Å². The van der Waals surface area contributed by atoms with Crippen LogP contribution in [0.5, 0.6) is 0 Å². The van der Waals surface area contributed by atoms with Crippen molar-refractivity contribution in [1.29, 1.82) is 0 Å². The van der Waals surface area contributed by atoms with Crippen LogP contribution >= 0.6 is 0 Å². The molecule has 2 aliphatic heterocycles. The van der Waals surface area contributed by atoms with Crippen molar-refractivity contribution < 1.29 is 23.8 Å². The van der Waals surface area contributed by atoms with Crippen LogP contribution in [0.25, 0.3) is 0 Å². The van der Waals surface area contributed by atoms with Gasteiger partial charge in [0.15, 0.2) is 0 Å². The maximum Gasteiger partial charge on any atom is 0.339 e. The number of carbonyl (C=O) groups is 2. The fraction of sp³-hybridized carbons (Fsp3) is 0.455. The molecule has 0 saturated heterocycles. The minimum absolute atomic E-state index is 0.0700. The first kappa shape index (κ1) is 23.3. The highest BCUT2D eigenvalue weighted by Crippen LogP contribution is 2.31. The van der Waals surface area contributed by atoms with Gasteiger partial charge in [0.1, 0.15) is 16.9 Å². The number of allylic oxidation sites excluding steroid dienone is 4. The molecule has 0 amide bonds. The quantitative estimate of drug-likeness (QED) is 0.492. The summed E-state index contributed by atoms with van der Waals surface area (Å²) in [6.07, 6.45) is 5.36. The molecule has 0 N–H and O–H groups in total. The smallest absolute Gasteiger partial charge is 0.339 e. The molecule has 0 saturated carbocycles. The first-order valence-corrected chi connectivity index (χ1v) is 9.54. The average Bonchev–Trinajstić information content (AvgIpc) is 2.56. The van der Waals surface area contributed by atoms with Crippen molar-refractivity contribution in [3.05, 3.63) is 68.4 Å². The number of rotatable bonds is 2. The number of hydroxylamine groups is 2. The van der Waals surface area contributed by atoms with E-state index >= 15 is 0 Å². The normalized spacial score (nSPS) is 20.2. The molecule has 0 aromatic heterocycles. The number of nitroso groups, excluding NO2 is 1. The number of esters is 2. The van der Waals surface area contributed by atoms with Crippen molar-refractivity contribution in [3.63, 3.8) is 0 Å². The maximum absolute atomic E-state index is 12.7. The molecule has 0 radical (unpaired) electrons. The average molecular weight is 416 g/mol. The van der Waals surface area contributed by atoms with Gasteiger partial charge in [-0.05, 0) is 60.6 Å². The standard InChI is InChI=1S/C22H28N2O6/c1-13-9-15(19(25)29-21(3,4)5)11-17(23(13)27)18-12-16(10-14(2)24(18)28)20(26)30-22(6,7)8/h9-12H,1-8H3. The molecule has 0 aliphatic carbocycles. The van der Waals surface area contributed by atoms with Gasteiger partial charge in [-0.25, -0.2) is 9.59 Å². The summed E-state index contributed by atoms with van der Waals surface area (Å²) in [5.41, 5.74) is -0.920.